The Morgan fingerprint density at radius 3 is 1.81 bits per heavy atom. The molecule has 5 nitrogen and oxygen atoms in total. The molecular weight excluding hydrogens is 344 g/mol. The van der Waals surface area contributed by atoms with Crippen LogP contribution in [0.5, 0.6) is 0 Å². The van der Waals surface area contributed by atoms with Gasteiger partial charge < -0.3 is 9.84 Å². The third-order valence-corrected chi connectivity index (χ3v) is 4.00. The Labute approximate surface area is 155 Å². The van der Waals surface area contributed by atoms with Gasteiger partial charge in [0.25, 0.3) is 0 Å². The first-order valence-electron chi connectivity index (χ1n) is 8.25. The van der Waals surface area contributed by atoms with Gasteiger partial charge in [-0.3, -0.25) is 4.79 Å². The lowest BCUT2D eigenvalue weighted by Crippen LogP contribution is -2.21. The van der Waals surface area contributed by atoms with Gasteiger partial charge in [0.2, 0.25) is 5.78 Å². The van der Waals surface area contributed by atoms with Crippen LogP contribution >= 0.6 is 0 Å². The van der Waals surface area contributed by atoms with Gasteiger partial charge in [0.05, 0.1) is 11.1 Å². The van der Waals surface area contributed by atoms with Gasteiger partial charge in [-0.05, 0) is 12.1 Å². The molecule has 0 fully saturated rings. The normalized spacial score (nSPS) is 11.4. The molecule has 0 spiro atoms. The number of ketones is 1. The maximum absolute atomic E-state index is 12.9. The van der Waals surface area contributed by atoms with Crippen molar-refractivity contribution in [1.29, 1.82) is 0 Å². The van der Waals surface area contributed by atoms with E-state index in [2.05, 4.69) is 0 Å². The molecule has 0 unspecified atom stereocenters. The number of carboxylic acids is 1. The lowest BCUT2D eigenvalue weighted by molar-refractivity contribution is 0.0276. The molecule has 1 atom stereocenters. The van der Waals surface area contributed by atoms with E-state index in [4.69, 9.17) is 4.74 Å². The predicted octanol–water partition coefficient (Wildman–Crippen LogP) is 4.17. The van der Waals surface area contributed by atoms with Crippen molar-refractivity contribution in [3.8, 4) is 0 Å². The summed E-state index contributed by atoms with van der Waals surface area (Å²) >= 11 is 0. The van der Waals surface area contributed by atoms with Crippen LogP contribution < -0.4 is 0 Å². The van der Waals surface area contributed by atoms with Crippen LogP contribution in [0.2, 0.25) is 0 Å². The summed E-state index contributed by atoms with van der Waals surface area (Å²) in [7, 11) is 0. The third kappa shape index (κ3) is 4.10. The SMILES string of the molecule is O=C(O)c1ccccc1C(=O)O[C@@H](C(=O)c1ccccc1)c1ccccc1. The van der Waals surface area contributed by atoms with Crippen LogP contribution in [0, 0.1) is 0 Å². The summed E-state index contributed by atoms with van der Waals surface area (Å²) in [5.74, 6) is -2.50. The lowest BCUT2D eigenvalue weighted by atomic mass is 9.99. The largest absolute Gasteiger partial charge is 0.478 e. The second-order valence-electron chi connectivity index (χ2n) is 5.78. The number of Topliss-reactive ketones (excluding diaryl/α,β-unsaturated/α-hetero) is 1. The molecule has 3 aromatic rings. The number of aromatic carboxylic acids is 1. The smallest absolute Gasteiger partial charge is 0.340 e. The summed E-state index contributed by atoms with van der Waals surface area (Å²) in [5, 5.41) is 9.28. The molecule has 0 aliphatic rings. The van der Waals surface area contributed by atoms with Crippen molar-refractivity contribution >= 4 is 17.7 Å². The summed E-state index contributed by atoms with van der Waals surface area (Å²) in [6.07, 6.45) is -1.18. The van der Waals surface area contributed by atoms with Crippen LogP contribution in [0.1, 0.15) is 42.7 Å². The molecule has 0 amide bonds. The van der Waals surface area contributed by atoms with Crippen LogP contribution in [-0.2, 0) is 4.74 Å². The highest BCUT2D eigenvalue weighted by Crippen LogP contribution is 2.24. The zero-order chi connectivity index (χ0) is 19.2. The Bertz CT molecular complexity index is 964. The van der Waals surface area contributed by atoms with Gasteiger partial charge in [0.1, 0.15) is 0 Å². The minimum atomic E-state index is -1.24. The number of carbonyl (C=O) groups excluding carboxylic acids is 2. The molecule has 0 saturated heterocycles. The summed E-state index contributed by atoms with van der Waals surface area (Å²) in [4.78, 5) is 37.0. The van der Waals surface area contributed by atoms with Crippen molar-refractivity contribution in [2.75, 3.05) is 0 Å². The van der Waals surface area contributed by atoms with E-state index in [0.717, 1.165) is 0 Å². The molecule has 5 heteroatoms. The molecule has 0 aliphatic heterocycles. The number of carboxylic acid groups (broad SMARTS) is 1. The monoisotopic (exact) mass is 360 g/mol. The maximum Gasteiger partial charge on any atom is 0.340 e. The Morgan fingerprint density at radius 2 is 1.22 bits per heavy atom. The van der Waals surface area contributed by atoms with Crippen molar-refractivity contribution in [2.45, 2.75) is 6.10 Å². The van der Waals surface area contributed by atoms with Crippen molar-refractivity contribution in [3.05, 3.63) is 107 Å². The number of benzene rings is 3. The fourth-order valence-electron chi connectivity index (χ4n) is 2.67. The minimum absolute atomic E-state index is 0.105. The zero-order valence-corrected chi connectivity index (χ0v) is 14.2. The molecule has 3 aromatic carbocycles. The number of ether oxygens (including phenoxy) is 1. The van der Waals surface area contributed by atoms with Gasteiger partial charge in [-0.25, -0.2) is 9.59 Å². The van der Waals surface area contributed by atoms with Crippen LogP contribution in [0.3, 0.4) is 0 Å². The molecule has 0 saturated carbocycles. The fourth-order valence-corrected chi connectivity index (χ4v) is 2.67. The average Bonchev–Trinajstić information content (AvgIpc) is 2.72. The zero-order valence-electron chi connectivity index (χ0n) is 14.2. The predicted molar refractivity (Wildman–Crippen MR) is 98.8 cm³/mol. The van der Waals surface area contributed by atoms with Gasteiger partial charge in [-0.1, -0.05) is 72.8 Å². The number of carbonyl (C=O) groups is 3. The van der Waals surface area contributed by atoms with E-state index in [1.807, 2.05) is 0 Å². The number of hydrogen-bond donors (Lipinski definition) is 1. The maximum atomic E-state index is 12.9. The summed E-state index contributed by atoms with van der Waals surface area (Å²) in [6.45, 7) is 0. The highest BCUT2D eigenvalue weighted by molar-refractivity contribution is 6.05. The quantitative estimate of drug-likeness (QED) is 0.527. The first kappa shape index (κ1) is 18.1. The Hall–Kier alpha value is -3.73. The molecule has 0 heterocycles. The Balaban J connectivity index is 1.96. The molecule has 3 rings (SSSR count). The number of rotatable bonds is 6. The standard InChI is InChI=1S/C22H16O5/c23-19(15-9-3-1-4-10-15)20(16-11-5-2-6-12-16)27-22(26)18-14-8-7-13-17(18)21(24)25/h1-14,20H,(H,24,25)/t20-/m1/s1. The van der Waals surface area contributed by atoms with E-state index < -0.39 is 18.0 Å². The Morgan fingerprint density at radius 1 is 0.704 bits per heavy atom. The topological polar surface area (TPSA) is 80.7 Å². The van der Waals surface area contributed by atoms with Gasteiger partial charge in [0.15, 0.2) is 6.10 Å². The summed E-state index contributed by atoms with van der Waals surface area (Å²) < 4.78 is 5.48. The molecule has 134 valence electrons. The van der Waals surface area contributed by atoms with Crippen LogP contribution in [-0.4, -0.2) is 22.8 Å². The van der Waals surface area contributed by atoms with Crippen molar-refractivity contribution in [1.82, 2.24) is 0 Å². The molecular formula is C22H16O5. The minimum Gasteiger partial charge on any atom is -0.478 e. The molecule has 0 bridgehead atoms. The van der Waals surface area contributed by atoms with E-state index in [9.17, 15) is 19.5 Å². The highest BCUT2D eigenvalue weighted by Gasteiger charge is 2.28. The second-order valence-corrected chi connectivity index (χ2v) is 5.78. The Kier molecular flexibility index (Phi) is 5.42. The fraction of sp³-hybridized carbons (Fsp3) is 0.0455. The number of esters is 1. The average molecular weight is 360 g/mol. The molecule has 27 heavy (non-hydrogen) atoms. The summed E-state index contributed by atoms with van der Waals surface area (Å²) in [5.41, 5.74) is 0.617. The van der Waals surface area contributed by atoms with E-state index in [0.29, 0.717) is 11.1 Å². The third-order valence-electron chi connectivity index (χ3n) is 4.00. The van der Waals surface area contributed by atoms with E-state index >= 15 is 0 Å². The van der Waals surface area contributed by atoms with Crippen molar-refractivity contribution < 1.29 is 24.2 Å². The van der Waals surface area contributed by atoms with Gasteiger partial charge in [-0.2, -0.15) is 0 Å². The second kappa shape index (κ2) is 8.10. The first-order chi connectivity index (χ1) is 13.1. The van der Waals surface area contributed by atoms with E-state index in [-0.39, 0.29) is 16.9 Å². The highest BCUT2D eigenvalue weighted by atomic mass is 16.5. The summed E-state index contributed by atoms with van der Waals surface area (Å²) in [6, 6.07) is 22.9. The molecule has 0 aliphatic carbocycles. The van der Waals surface area contributed by atoms with Crippen LogP contribution in [0.4, 0.5) is 0 Å². The lowest BCUT2D eigenvalue weighted by Gasteiger charge is -2.18. The van der Waals surface area contributed by atoms with Gasteiger partial charge >= 0.3 is 11.9 Å². The first-order valence-corrected chi connectivity index (χ1v) is 8.25. The van der Waals surface area contributed by atoms with Crippen LogP contribution in [0.25, 0.3) is 0 Å². The van der Waals surface area contributed by atoms with Gasteiger partial charge in [-0.15, -0.1) is 0 Å². The van der Waals surface area contributed by atoms with Crippen LogP contribution in [0.15, 0.2) is 84.9 Å². The number of hydrogen-bond acceptors (Lipinski definition) is 4. The molecule has 0 radical (unpaired) electrons. The molecule has 1 N–H and O–H groups in total. The van der Waals surface area contributed by atoms with E-state index in [1.54, 1.807) is 66.7 Å². The van der Waals surface area contributed by atoms with E-state index in [1.165, 1.54) is 18.2 Å². The van der Waals surface area contributed by atoms with Crippen molar-refractivity contribution in [2.24, 2.45) is 0 Å². The van der Waals surface area contributed by atoms with Crippen molar-refractivity contribution in [3.63, 3.8) is 0 Å². The molecule has 0 aromatic heterocycles. The van der Waals surface area contributed by atoms with Gasteiger partial charge in [0, 0.05) is 11.1 Å².